The Bertz CT molecular complexity index is 912. The summed E-state index contributed by atoms with van der Waals surface area (Å²) < 4.78 is 41.3. The first-order valence-electron chi connectivity index (χ1n) is 9.02. The number of hydrogen-bond acceptors (Lipinski definition) is 4. The van der Waals surface area contributed by atoms with Gasteiger partial charge in [0.25, 0.3) is 0 Å². The molecular formula is C19H20F3N5. The van der Waals surface area contributed by atoms with Gasteiger partial charge in [0.2, 0.25) is 0 Å². The van der Waals surface area contributed by atoms with Gasteiger partial charge in [-0.15, -0.1) is 0 Å². The van der Waals surface area contributed by atoms with E-state index in [9.17, 15) is 13.2 Å². The van der Waals surface area contributed by atoms with Crippen molar-refractivity contribution in [2.24, 2.45) is 17.8 Å². The van der Waals surface area contributed by atoms with E-state index in [0.29, 0.717) is 29.0 Å². The molecule has 2 aliphatic carbocycles. The van der Waals surface area contributed by atoms with Crippen molar-refractivity contribution >= 4 is 5.82 Å². The second kappa shape index (κ2) is 5.98. The Labute approximate surface area is 155 Å². The number of nitrogen functional groups attached to an aromatic ring is 1. The number of fused-ring (bicyclic) bond motifs is 1. The van der Waals surface area contributed by atoms with E-state index in [1.165, 1.54) is 6.20 Å². The first kappa shape index (κ1) is 17.8. The summed E-state index contributed by atoms with van der Waals surface area (Å²) in [5.74, 6) is 0.886. The minimum absolute atomic E-state index is 0.0886. The van der Waals surface area contributed by atoms with E-state index in [1.54, 1.807) is 0 Å². The number of nitrogens with two attached hydrogens (primary N) is 1. The third-order valence-corrected chi connectivity index (χ3v) is 5.74. The van der Waals surface area contributed by atoms with Gasteiger partial charge in [0.15, 0.2) is 0 Å². The number of alkyl halides is 3. The van der Waals surface area contributed by atoms with E-state index in [2.05, 4.69) is 16.2 Å². The average molecular weight is 375 g/mol. The third kappa shape index (κ3) is 2.95. The molecule has 142 valence electrons. The first-order chi connectivity index (χ1) is 12.7. The molecule has 0 radical (unpaired) electrons. The number of anilines is 1. The van der Waals surface area contributed by atoms with Crippen LogP contribution in [0.5, 0.6) is 0 Å². The lowest BCUT2D eigenvalue weighted by molar-refractivity contribution is -0.137. The number of nitrogens with zero attached hydrogens (tertiary/aromatic N) is 4. The minimum atomic E-state index is -4.56. The van der Waals surface area contributed by atoms with Crippen LogP contribution in [0.1, 0.15) is 49.9 Å². The molecule has 0 aliphatic heterocycles. The maximum atomic E-state index is 13.1. The van der Waals surface area contributed by atoms with E-state index in [0.717, 1.165) is 24.6 Å². The number of pyridine rings is 1. The zero-order chi connectivity index (χ0) is 19.5. The second-order valence-corrected chi connectivity index (χ2v) is 7.80. The largest absolute Gasteiger partial charge is 0.419 e. The smallest absolute Gasteiger partial charge is 0.383 e. The molecule has 2 aromatic heterocycles. The molecule has 5 nitrogen and oxygen atoms in total. The first-order valence-corrected chi connectivity index (χ1v) is 9.02. The predicted molar refractivity (Wildman–Crippen MR) is 93.3 cm³/mol. The van der Waals surface area contributed by atoms with Gasteiger partial charge in [-0.2, -0.15) is 23.5 Å². The van der Waals surface area contributed by atoms with Gasteiger partial charge in [-0.05, 0) is 50.7 Å². The molecule has 4 rings (SSSR count). The van der Waals surface area contributed by atoms with Crippen LogP contribution in [0.4, 0.5) is 19.0 Å². The van der Waals surface area contributed by atoms with Crippen LogP contribution < -0.4 is 5.73 Å². The van der Waals surface area contributed by atoms with Gasteiger partial charge in [-0.3, -0.25) is 4.68 Å². The lowest BCUT2D eigenvalue weighted by atomic mass is 9.99. The average Bonchev–Trinajstić information content (AvgIpc) is 2.99. The summed E-state index contributed by atoms with van der Waals surface area (Å²) in [5, 5.41) is 13.7. The van der Waals surface area contributed by atoms with E-state index >= 15 is 0 Å². The van der Waals surface area contributed by atoms with Gasteiger partial charge in [-0.25, -0.2) is 4.98 Å². The van der Waals surface area contributed by atoms with Crippen molar-refractivity contribution in [3.05, 3.63) is 29.6 Å². The Balaban J connectivity index is 1.70. The summed E-state index contributed by atoms with van der Waals surface area (Å²) in [6.45, 7) is 4.00. The zero-order valence-electron chi connectivity index (χ0n) is 15.0. The van der Waals surface area contributed by atoms with E-state index in [-0.39, 0.29) is 12.0 Å². The predicted octanol–water partition coefficient (Wildman–Crippen LogP) is 4.39. The number of nitriles is 1. The lowest BCUT2D eigenvalue weighted by Gasteiger charge is -2.13. The van der Waals surface area contributed by atoms with Crippen molar-refractivity contribution < 1.29 is 13.2 Å². The van der Waals surface area contributed by atoms with Crippen LogP contribution in [0.2, 0.25) is 0 Å². The maximum Gasteiger partial charge on any atom is 0.419 e. The van der Waals surface area contributed by atoms with Crippen molar-refractivity contribution in [2.75, 3.05) is 5.73 Å². The highest BCUT2D eigenvalue weighted by Gasteiger charge is 2.58. The fourth-order valence-corrected chi connectivity index (χ4v) is 4.44. The monoisotopic (exact) mass is 375 g/mol. The topological polar surface area (TPSA) is 80.5 Å². The summed E-state index contributed by atoms with van der Waals surface area (Å²) in [6.07, 6.45) is -1.44. The highest BCUT2D eigenvalue weighted by molar-refractivity contribution is 5.63. The van der Waals surface area contributed by atoms with Gasteiger partial charge >= 0.3 is 6.18 Å². The third-order valence-electron chi connectivity index (χ3n) is 5.74. The Morgan fingerprint density at radius 1 is 1.26 bits per heavy atom. The molecule has 4 atom stereocenters. The summed E-state index contributed by atoms with van der Waals surface area (Å²) in [4.78, 5) is 3.72. The number of hydrogen-bond donors (Lipinski definition) is 1. The molecule has 0 aromatic carbocycles. The van der Waals surface area contributed by atoms with Crippen LogP contribution >= 0.6 is 0 Å². The molecule has 0 saturated heterocycles. The fraction of sp³-hybridized carbons (Fsp3) is 0.526. The fourth-order valence-electron chi connectivity index (χ4n) is 4.44. The molecule has 2 aromatic rings. The molecule has 0 bridgehead atoms. The van der Waals surface area contributed by atoms with Crippen molar-refractivity contribution in [1.82, 2.24) is 14.8 Å². The number of halogens is 3. The molecule has 27 heavy (non-hydrogen) atoms. The van der Waals surface area contributed by atoms with Gasteiger partial charge in [0.1, 0.15) is 5.82 Å². The highest BCUT2D eigenvalue weighted by atomic mass is 19.4. The Kier molecular flexibility index (Phi) is 3.95. The van der Waals surface area contributed by atoms with Crippen LogP contribution in [0, 0.1) is 29.1 Å². The molecule has 0 amide bonds. The minimum Gasteiger partial charge on any atom is -0.383 e. The molecule has 2 saturated carbocycles. The standard InChI is InChI=1S/C19H20F3N5/c1-9(2)27-16(17-12-3-10(7-23)4-13(12)17)6-15(26-27)11-5-14(19(20,21)22)18(24)25-8-11/h5-6,8-10,12-13,17H,3-4H2,1-2H3,(H2,24,25)/t10?,12-,13+,17?. The highest BCUT2D eigenvalue weighted by Crippen LogP contribution is 2.65. The van der Waals surface area contributed by atoms with Crippen LogP contribution in [0.25, 0.3) is 11.3 Å². The lowest BCUT2D eigenvalue weighted by Crippen LogP contribution is -2.10. The molecule has 8 heteroatoms. The van der Waals surface area contributed by atoms with Crippen molar-refractivity contribution in [3.63, 3.8) is 0 Å². The van der Waals surface area contributed by atoms with E-state index < -0.39 is 17.6 Å². The molecule has 2 fully saturated rings. The normalized spacial score (nSPS) is 26.9. The van der Waals surface area contributed by atoms with Gasteiger partial charge < -0.3 is 5.73 Å². The van der Waals surface area contributed by atoms with Crippen molar-refractivity contribution in [1.29, 1.82) is 5.26 Å². The quantitative estimate of drug-likeness (QED) is 0.863. The van der Waals surface area contributed by atoms with E-state index in [1.807, 2.05) is 24.6 Å². The van der Waals surface area contributed by atoms with Gasteiger partial charge in [0, 0.05) is 35.3 Å². The SMILES string of the molecule is CC(C)n1nc(-c2cnc(N)c(C(F)(F)F)c2)cc1C1[C@H]2CC(C#N)C[C@@H]12. The van der Waals surface area contributed by atoms with Crippen molar-refractivity contribution in [2.45, 2.75) is 44.8 Å². The summed E-state index contributed by atoms with van der Waals surface area (Å²) in [6, 6.07) is 5.32. The molecule has 2 heterocycles. The van der Waals surface area contributed by atoms with Crippen molar-refractivity contribution in [3.8, 4) is 17.3 Å². The summed E-state index contributed by atoms with van der Waals surface area (Å²) in [7, 11) is 0. The molecule has 2 unspecified atom stereocenters. The van der Waals surface area contributed by atoms with Crippen LogP contribution in [-0.4, -0.2) is 14.8 Å². The second-order valence-electron chi connectivity index (χ2n) is 7.80. The molecule has 2 aliphatic rings. The Morgan fingerprint density at radius 2 is 1.93 bits per heavy atom. The van der Waals surface area contributed by atoms with Crippen LogP contribution in [-0.2, 0) is 6.18 Å². The summed E-state index contributed by atoms with van der Waals surface area (Å²) >= 11 is 0. The molecule has 0 spiro atoms. The zero-order valence-corrected chi connectivity index (χ0v) is 15.0. The Morgan fingerprint density at radius 3 is 2.48 bits per heavy atom. The Hall–Kier alpha value is -2.56. The maximum absolute atomic E-state index is 13.1. The molecular weight excluding hydrogens is 355 g/mol. The molecule has 2 N–H and O–H groups in total. The van der Waals surface area contributed by atoms with E-state index in [4.69, 9.17) is 11.0 Å². The summed E-state index contributed by atoms with van der Waals surface area (Å²) in [5.41, 5.74) is 6.27. The number of rotatable bonds is 3. The van der Waals surface area contributed by atoms with Crippen LogP contribution in [0.3, 0.4) is 0 Å². The van der Waals surface area contributed by atoms with Crippen LogP contribution in [0.15, 0.2) is 18.3 Å². The van der Waals surface area contributed by atoms with Gasteiger partial charge in [-0.1, -0.05) is 0 Å². The van der Waals surface area contributed by atoms with Gasteiger partial charge in [0.05, 0.1) is 17.3 Å². The number of aromatic nitrogens is 3.